The van der Waals surface area contributed by atoms with Crippen LogP contribution >= 0.6 is 0 Å². The van der Waals surface area contributed by atoms with Crippen LogP contribution in [0.1, 0.15) is 5.56 Å². The first kappa shape index (κ1) is 16.7. The quantitative estimate of drug-likeness (QED) is 0.589. The molecule has 0 aliphatic heterocycles. The van der Waals surface area contributed by atoms with E-state index in [0.717, 1.165) is 22.3 Å². The van der Waals surface area contributed by atoms with Crippen molar-refractivity contribution in [2.45, 2.75) is 6.54 Å². The Balaban J connectivity index is 1.76. The van der Waals surface area contributed by atoms with Gasteiger partial charge in [-0.2, -0.15) is 5.10 Å². The van der Waals surface area contributed by atoms with Crippen molar-refractivity contribution < 1.29 is 9.53 Å². The Hall–Kier alpha value is -3.13. The van der Waals surface area contributed by atoms with Gasteiger partial charge in [0.25, 0.3) is 0 Å². The third-order valence-electron chi connectivity index (χ3n) is 3.72. The summed E-state index contributed by atoms with van der Waals surface area (Å²) < 4.78 is 6.65. The zero-order valence-electron chi connectivity index (χ0n) is 13.9. The topological polar surface area (TPSA) is 107 Å². The number of ether oxygens (including phenoxy) is 1. The second-order valence-corrected chi connectivity index (χ2v) is 5.35. The van der Waals surface area contributed by atoms with Gasteiger partial charge < -0.3 is 21.1 Å². The highest BCUT2D eigenvalue weighted by Gasteiger charge is 2.09. The van der Waals surface area contributed by atoms with Gasteiger partial charge in [0.15, 0.2) is 5.65 Å². The number of carbonyl (C=O) groups excluding carboxylic acids is 1. The summed E-state index contributed by atoms with van der Waals surface area (Å²) in [6, 6.07) is 9.84. The lowest BCUT2D eigenvalue weighted by atomic mass is 10.1. The molecule has 25 heavy (non-hydrogen) atoms. The van der Waals surface area contributed by atoms with E-state index in [4.69, 9.17) is 10.5 Å². The normalized spacial score (nSPS) is 10.6. The zero-order valence-corrected chi connectivity index (χ0v) is 13.9. The van der Waals surface area contributed by atoms with Gasteiger partial charge in [0.1, 0.15) is 12.4 Å². The minimum Gasteiger partial charge on any atom is -0.448 e. The molecular formula is C17H20N6O2. The Labute approximate surface area is 145 Å². The fourth-order valence-electron chi connectivity index (χ4n) is 2.39. The van der Waals surface area contributed by atoms with Gasteiger partial charge in [-0.05, 0) is 17.2 Å². The summed E-state index contributed by atoms with van der Waals surface area (Å²) in [4.78, 5) is 15.6. The average molecular weight is 340 g/mol. The molecule has 1 aromatic carbocycles. The maximum Gasteiger partial charge on any atom is 0.406 e. The molecule has 2 heterocycles. The van der Waals surface area contributed by atoms with E-state index in [2.05, 4.69) is 20.7 Å². The number of fused-ring (bicyclic) bond motifs is 1. The molecule has 0 saturated carbocycles. The van der Waals surface area contributed by atoms with E-state index in [9.17, 15) is 4.79 Å². The number of nitrogens with one attached hydrogen (secondary N) is 2. The smallest absolute Gasteiger partial charge is 0.406 e. The van der Waals surface area contributed by atoms with E-state index >= 15 is 0 Å². The first-order valence-electron chi connectivity index (χ1n) is 7.93. The monoisotopic (exact) mass is 340 g/mol. The van der Waals surface area contributed by atoms with Crippen molar-refractivity contribution in [3.63, 3.8) is 0 Å². The summed E-state index contributed by atoms with van der Waals surface area (Å²) in [6.07, 6.45) is 3.17. The second kappa shape index (κ2) is 7.63. The summed E-state index contributed by atoms with van der Waals surface area (Å²) in [7, 11) is 1.52. The molecule has 3 aromatic rings. The zero-order chi connectivity index (χ0) is 17.6. The maximum absolute atomic E-state index is 11.0. The van der Waals surface area contributed by atoms with E-state index < -0.39 is 6.09 Å². The number of aromatic nitrogens is 3. The number of benzene rings is 1. The standard InChI is InChI=1S/C17H20N6O2/c1-19-17(24)25-9-7-20-15-6-8-23-16(22-15)14(11-21-23)13-4-2-12(10-18)3-5-13/h2-6,8,11H,7,9-10,18H2,1H3,(H,19,24)(H,20,22). The number of nitrogens with two attached hydrogens (primary N) is 1. The first-order valence-corrected chi connectivity index (χ1v) is 7.93. The molecule has 0 aliphatic carbocycles. The molecule has 4 N–H and O–H groups in total. The van der Waals surface area contributed by atoms with Crippen LogP contribution in [0.3, 0.4) is 0 Å². The summed E-state index contributed by atoms with van der Waals surface area (Å²) in [5, 5.41) is 9.86. The van der Waals surface area contributed by atoms with Crippen molar-refractivity contribution in [3.05, 3.63) is 48.3 Å². The minimum absolute atomic E-state index is 0.249. The third-order valence-corrected chi connectivity index (χ3v) is 3.72. The van der Waals surface area contributed by atoms with E-state index in [0.29, 0.717) is 18.9 Å². The van der Waals surface area contributed by atoms with E-state index in [1.54, 1.807) is 10.7 Å². The third kappa shape index (κ3) is 3.86. The SMILES string of the molecule is CNC(=O)OCCNc1ccn2ncc(-c3ccc(CN)cc3)c2n1. The highest BCUT2D eigenvalue weighted by molar-refractivity contribution is 5.77. The lowest BCUT2D eigenvalue weighted by Gasteiger charge is -2.07. The molecule has 8 nitrogen and oxygen atoms in total. The largest absolute Gasteiger partial charge is 0.448 e. The number of nitrogens with zero attached hydrogens (tertiary/aromatic N) is 3. The molecule has 0 radical (unpaired) electrons. The predicted molar refractivity (Wildman–Crippen MR) is 95.2 cm³/mol. The molecule has 0 spiro atoms. The minimum atomic E-state index is -0.454. The van der Waals surface area contributed by atoms with E-state index in [1.165, 1.54) is 7.05 Å². The Bertz CT molecular complexity index is 859. The van der Waals surface area contributed by atoms with Gasteiger partial charge in [-0.3, -0.25) is 0 Å². The fraction of sp³-hybridized carbons (Fsp3) is 0.235. The molecule has 0 unspecified atom stereocenters. The van der Waals surface area contributed by atoms with Gasteiger partial charge >= 0.3 is 6.09 Å². The van der Waals surface area contributed by atoms with Gasteiger partial charge in [-0.1, -0.05) is 24.3 Å². The number of alkyl carbamates (subject to hydrolysis) is 1. The maximum atomic E-state index is 11.0. The molecule has 130 valence electrons. The van der Waals surface area contributed by atoms with Gasteiger partial charge in [-0.15, -0.1) is 0 Å². The average Bonchev–Trinajstić information content (AvgIpc) is 3.08. The summed E-state index contributed by atoms with van der Waals surface area (Å²) in [5.74, 6) is 0.688. The second-order valence-electron chi connectivity index (χ2n) is 5.35. The molecule has 8 heteroatoms. The van der Waals surface area contributed by atoms with Crippen molar-refractivity contribution in [2.75, 3.05) is 25.5 Å². The van der Waals surface area contributed by atoms with E-state index in [1.807, 2.05) is 36.5 Å². The molecule has 0 bridgehead atoms. The van der Waals surface area contributed by atoms with E-state index in [-0.39, 0.29) is 6.61 Å². The molecule has 0 fully saturated rings. The van der Waals surface area contributed by atoms with Gasteiger partial charge in [0, 0.05) is 25.4 Å². The molecule has 2 aromatic heterocycles. The van der Waals surface area contributed by atoms with Crippen LogP contribution in [0.2, 0.25) is 0 Å². The molecule has 3 rings (SSSR count). The van der Waals surface area contributed by atoms with Crippen LogP contribution in [0.4, 0.5) is 10.6 Å². The molecule has 0 aliphatic rings. The number of anilines is 1. The number of hydrogen-bond acceptors (Lipinski definition) is 6. The van der Waals surface area contributed by atoms with Crippen LogP contribution in [0, 0.1) is 0 Å². The lowest BCUT2D eigenvalue weighted by molar-refractivity contribution is 0.153. The van der Waals surface area contributed by atoms with Crippen molar-refractivity contribution in [1.82, 2.24) is 19.9 Å². The van der Waals surface area contributed by atoms with Crippen molar-refractivity contribution in [3.8, 4) is 11.1 Å². The Morgan fingerprint density at radius 1 is 1.28 bits per heavy atom. The molecule has 0 saturated heterocycles. The van der Waals surface area contributed by atoms with Crippen LogP contribution in [-0.4, -0.2) is 40.9 Å². The molecule has 1 amide bonds. The Morgan fingerprint density at radius 3 is 2.80 bits per heavy atom. The highest BCUT2D eigenvalue weighted by Crippen LogP contribution is 2.24. The highest BCUT2D eigenvalue weighted by atomic mass is 16.5. The van der Waals surface area contributed by atoms with Crippen molar-refractivity contribution in [1.29, 1.82) is 0 Å². The van der Waals surface area contributed by atoms with Crippen molar-refractivity contribution >= 4 is 17.6 Å². The Morgan fingerprint density at radius 2 is 2.08 bits per heavy atom. The van der Waals surface area contributed by atoms with Crippen LogP contribution in [-0.2, 0) is 11.3 Å². The summed E-state index contributed by atoms with van der Waals surface area (Å²) in [5.41, 5.74) is 9.43. The van der Waals surface area contributed by atoms with Gasteiger partial charge in [0.05, 0.1) is 12.7 Å². The van der Waals surface area contributed by atoms with Crippen LogP contribution in [0.25, 0.3) is 16.8 Å². The number of amides is 1. The van der Waals surface area contributed by atoms with Crippen molar-refractivity contribution in [2.24, 2.45) is 5.73 Å². The first-order chi connectivity index (χ1) is 12.2. The summed E-state index contributed by atoms with van der Waals surface area (Å²) in [6.45, 7) is 1.23. The van der Waals surface area contributed by atoms with Crippen LogP contribution in [0.5, 0.6) is 0 Å². The summed E-state index contributed by atoms with van der Waals surface area (Å²) >= 11 is 0. The number of rotatable bonds is 6. The van der Waals surface area contributed by atoms with Crippen LogP contribution < -0.4 is 16.4 Å². The number of hydrogen-bond donors (Lipinski definition) is 3. The molecule has 0 atom stereocenters. The Kier molecular flexibility index (Phi) is 5.10. The number of carbonyl (C=O) groups is 1. The van der Waals surface area contributed by atoms with Crippen LogP contribution in [0.15, 0.2) is 42.7 Å². The van der Waals surface area contributed by atoms with Gasteiger partial charge in [0.2, 0.25) is 0 Å². The molecular weight excluding hydrogens is 320 g/mol. The fourth-order valence-corrected chi connectivity index (χ4v) is 2.39. The lowest BCUT2D eigenvalue weighted by Crippen LogP contribution is -2.22. The predicted octanol–water partition coefficient (Wildman–Crippen LogP) is 1.62. The van der Waals surface area contributed by atoms with Gasteiger partial charge in [-0.25, -0.2) is 14.3 Å².